The van der Waals surface area contributed by atoms with Crippen molar-refractivity contribution in [2.75, 3.05) is 6.54 Å². The maximum absolute atomic E-state index is 14.2. The molecule has 0 spiro atoms. The molecular weight excluding hydrogens is 411 g/mol. The van der Waals surface area contributed by atoms with Crippen molar-refractivity contribution < 1.29 is 22.0 Å². The molecule has 1 aromatic heterocycles. The lowest BCUT2D eigenvalue weighted by Gasteiger charge is -2.25. The van der Waals surface area contributed by atoms with E-state index in [1.807, 2.05) is 41.6 Å². The standard InChI is InChI=1S/C24H25F5N2/c1-17(2)13-30(16-21-22(25)6-3-7-23(21)26)15-20-5-4-12-31(20)14-18-8-10-19(11-9-18)24(27,28)29/h3-12,17H,13-16H2,1-2H3. The van der Waals surface area contributed by atoms with Gasteiger partial charge in [0.15, 0.2) is 0 Å². The van der Waals surface area contributed by atoms with E-state index in [2.05, 4.69) is 0 Å². The molecule has 0 aliphatic heterocycles. The molecule has 0 amide bonds. The maximum Gasteiger partial charge on any atom is 0.416 e. The fraction of sp³-hybridized carbons (Fsp3) is 0.333. The topological polar surface area (TPSA) is 8.17 Å². The molecule has 0 atom stereocenters. The van der Waals surface area contributed by atoms with Gasteiger partial charge in [-0.2, -0.15) is 13.2 Å². The molecule has 7 heteroatoms. The van der Waals surface area contributed by atoms with Crippen molar-refractivity contribution in [2.45, 2.75) is 39.7 Å². The van der Waals surface area contributed by atoms with E-state index in [9.17, 15) is 22.0 Å². The molecule has 31 heavy (non-hydrogen) atoms. The van der Waals surface area contributed by atoms with E-state index < -0.39 is 23.4 Å². The van der Waals surface area contributed by atoms with Crippen LogP contribution in [0.15, 0.2) is 60.8 Å². The van der Waals surface area contributed by atoms with Gasteiger partial charge in [-0.05, 0) is 47.9 Å². The summed E-state index contributed by atoms with van der Waals surface area (Å²) in [5, 5.41) is 0. The minimum absolute atomic E-state index is 0.0315. The summed E-state index contributed by atoms with van der Waals surface area (Å²) in [4.78, 5) is 1.98. The molecule has 2 nitrogen and oxygen atoms in total. The van der Waals surface area contributed by atoms with E-state index in [0.717, 1.165) is 23.4 Å². The fourth-order valence-corrected chi connectivity index (χ4v) is 3.58. The predicted octanol–water partition coefficient (Wildman–Crippen LogP) is 6.49. The molecule has 2 aromatic carbocycles. The Labute approximate surface area is 178 Å². The van der Waals surface area contributed by atoms with Crippen LogP contribution in [0.5, 0.6) is 0 Å². The van der Waals surface area contributed by atoms with Gasteiger partial charge < -0.3 is 4.57 Å². The van der Waals surface area contributed by atoms with Crippen LogP contribution in [0.1, 0.15) is 36.2 Å². The van der Waals surface area contributed by atoms with Crippen molar-refractivity contribution in [1.29, 1.82) is 0 Å². The predicted molar refractivity (Wildman–Crippen MR) is 110 cm³/mol. The molecule has 0 aliphatic carbocycles. The highest BCUT2D eigenvalue weighted by molar-refractivity contribution is 5.25. The highest BCUT2D eigenvalue weighted by Crippen LogP contribution is 2.29. The van der Waals surface area contributed by atoms with Crippen LogP contribution in [0.4, 0.5) is 22.0 Å². The molecule has 3 aromatic rings. The Morgan fingerprint density at radius 2 is 1.52 bits per heavy atom. The van der Waals surface area contributed by atoms with Gasteiger partial charge in [-0.1, -0.05) is 32.0 Å². The van der Waals surface area contributed by atoms with Crippen LogP contribution in [0.2, 0.25) is 0 Å². The quantitative estimate of drug-likeness (QED) is 0.366. The van der Waals surface area contributed by atoms with Gasteiger partial charge in [-0.15, -0.1) is 0 Å². The first-order valence-corrected chi connectivity index (χ1v) is 10.1. The van der Waals surface area contributed by atoms with Crippen LogP contribution in [0.3, 0.4) is 0 Å². The lowest BCUT2D eigenvalue weighted by Crippen LogP contribution is -2.29. The number of aromatic nitrogens is 1. The first-order valence-electron chi connectivity index (χ1n) is 10.1. The summed E-state index contributed by atoms with van der Waals surface area (Å²) in [6.45, 7) is 5.70. The second-order valence-electron chi connectivity index (χ2n) is 8.09. The van der Waals surface area contributed by atoms with Crippen LogP contribution >= 0.6 is 0 Å². The molecule has 1 heterocycles. The molecule has 0 bridgehead atoms. The fourth-order valence-electron chi connectivity index (χ4n) is 3.58. The summed E-state index contributed by atoms with van der Waals surface area (Å²) in [6.07, 6.45) is -2.51. The lowest BCUT2D eigenvalue weighted by atomic mass is 10.1. The van der Waals surface area contributed by atoms with Gasteiger partial charge in [0.2, 0.25) is 0 Å². The minimum Gasteiger partial charge on any atom is -0.346 e. The number of benzene rings is 2. The van der Waals surface area contributed by atoms with Crippen LogP contribution in [0.25, 0.3) is 0 Å². The number of hydrogen-bond acceptors (Lipinski definition) is 1. The Bertz CT molecular complexity index is 970. The Kier molecular flexibility index (Phi) is 7.15. The van der Waals surface area contributed by atoms with Gasteiger partial charge in [0.1, 0.15) is 11.6 Å². The number of alkyl halides is 3. The first kappa shape index (κ1) is 23.0. The SMILES string of the molecule is CC(C)CN(Cc1c(F)cccc1F)Cc1cccn1Cc1ccc(C(F)(F)F)cc1. The zero-order valence-corrected chi connectivity index (χ0v) is 17.5. The summed E-state index contributed by atoms with van der Waals surface area (Å²) >= 11 is 0. The van der Waals surface area contributed by atoms with E-state index >= 15 is 0 Å². The highest BCUT2D eigenvalue weighted by atomic mass is 19.4. The molecule has 3 rings (SSSR count). The second kappa shape index (κ2) is 9.64. The van der Waals surface area contributed by atoms with Crippen LogP contribution < -0.4 is 0 Å². The van der Waals surface area contributed by atoms with Crippen molar-refractivity contribution in [3.05, 3.63) is 94.8 Å². The molecule has 0 N–H and O–H groups in total. The summed E-state index contributed by atoms with van der Waals surface area (Å²) in [6, 6.07) is 12.7. The van der Waals surface area contributed by atoms with Gasteiger partial charge >= 0.3 is 6.18 Å². The Morgan fingerprint density at radius 3 is 2.10 bits per heavy atom. The molecule has 0 fully saturated rings. The number of halogens is 5. The van der Waals surface area contributed by atoms with Crippen molar-refractivity contribution in [3.8, 4) is 0 Å². The highest BCUT2D eigenvalue weighted by Gasteiger charge is 2.29. The zero-order valence-electron chi connectivity index (χ0n) is 17.5. The normalized spacial score (nSPS) is 12.2. The van der Waals surface area contributed by atoms with Gasteiger partial charge in [0.05, 0.1) is 5.56 Å². The van der Waals surface area contributed by atoms with Crippen molar-refractivity contribution in [1.82, 2.24) is 9.47 Å². The maximum atomic E-state index is 14.2. The lowest BCUT2D eigenvalue weighted by molar-refractivity contribution is -0.137. The molecule has 0 saturated heterocycles. The van der Waals surface area contributed by atoms with Crippen LogP contribution in [-0.2, 0) is 25.8 Å². The average Bonchev–Trinajstić information content (AvgIpc) is 3.10. The van der Waals surface area contributed by atoms with Gasteiger partial charge in [-0.25, -0.2) is 8.78 Å². The minimum atomic E-state index is -4.36. The second-order valence-corrected chi connectivity index (χ2v) is 8.09. The molecule has 0 saturated carbocycles. The Morgan fingerprint density at radius 1 is 0.871 bits per heavy atom. The van der Waals surface area contributed by atoms with Crippen molar-refractivity contribution in [2.24, 2.45) is 5.92 Å². The summed E-state index contributed by atoms with van der Waals surface area (Å²) in [5.41, 5.74) is 1.00. The molecule has 0 radical (unpaired) electrons. The van der Waals surface area contributed by atoms with Gasteiger partial charge in [-0.3, -0.25) is 4.90 Å². The number of hydrogen-bond donors (Lipinski definition) is 0. The van der Waals surface area contributed by atoms with E-state index in [-0.39, 0.29) is 18.0 Å². The smallest absolute Gasteiger partial charge is 0.346 e. The third kappa shape index (κ3) is 6.17. The van der Waals surface area contributed by atoms with Gasteiger partial charge in [0.25, 0.3) is 0 Å². The van der Waals surface area contributed by atoms with E-state index in [4.69, 9.17) is 0 Å². The summed E-state index contributed by atoms with van der Waals surface area (Å²) in [5.74, 6) is -0.865. The van der Waals surface area contributed by atoms with E-state index in [1.165, 1.54) is 30.3 Å². The number of nitrogens with zero attached hydrogens (tertiary/aromatic N) is 2. The molecule has 0 aliphatic rings. The van der Waals surface area contributed by atoms with Gasteiger partial charge in [0, 0.05) is 43.6 Å². The average molecular weight is 436 g/mol. The van der Waals surface area contributed by atoms with E-state index in [0.29, 0.717) is 19.6 Å². The largest absolute Gasteiger partial charge is 0.416 e. The Balaban J connectivity index is 1.77. The molecule has 0 unspecified atom stereocenters. The number of rotatable bonds is 8. The third-order valence-electron chi connectivity index (χ3n) is 5.01. The van der Waals surface area contributed by atoms with Crippen LogP contribution in [0, 0.1) is 17.6 Å². The first-order chi connectivity index (χ1) is 14.6. The summed E-state index contributed by atoms with van der Waals surface area (Å²) in [7, 11) is 0. The van der Waals surface area contributed by atoms with Crippen molar-refractivity contribution in [3.63, 3.8) is 0 Å². The van der Waals surface area contributed by atoms with Crippen LogP contribution in [-0.4, -0.2) is 16.0 Å². The molecule has 166 valence electrons. The molecular formula is C24H25F5N2. The van der Waals surface area contributed by atoms with E-state index in [1.54, 1.807) is 0 Å². The monoisotopic (exact) mass is 436 g/mol. The zero-order chi connectivity index (χ0) is 22.6. The van der Waals surface area contributed by atoms with Crippen molar-refractivity contribution >= 4 is 0 Å². The summed E-state index contributed by atoms with van der Waals surface area (Å²) < 4.78 is 68.6. The Hall–Kier alpha value is -2.67. The third-order valence-corrected chi connectivity index (χ3v) is 5.01.